The van der Waals surface area contributed by atoms with Crippen LogP contribution in [0.1, 0.15) is 29.0 Å². The van der Waals surface area contributed by atoms with Gasteiger partial charge in [-0.1, -0.05) is 11.3 Å². The average molecular weight is 442 g/mol. The van der Waals surface area contributed by atoms with E-state index in [-0.39, 0.29) is 5.13 Å². The van der Waals surface area contributed by atoms with Crippen LogP contribution < -0.4 is 10.6 Å². The van der Waals surface area contributed by atoms with E-state index in [1.807, 2.05) is 6.07 Å². The molecule has 2 saturated heterocycles. The Morgan fingerprint density at radius 1 is 1.27 bits per heavy atom. The van der Waals surface area contributed by atoms with Gasteiger partial charge in [-0.15, -0.1) is 0 Å². The molecule has 4 rings (SSSR count). The first-order valence-electron chi connectivity index (χ1n) is 10.3. The Balaban J connectivity index is 1.53. The molecule has 2 aliphatic heterocycles. The van der Waals surface area contributed by atoms with Crippen molar-refractivity contribution in [3.8, 4) is 0 Å². The highest BCUT2D eigenvalue weighted by atomic mass is 32.1. The maximum absolute atomic E-state index is 12.9. The first-order valence-corrected chi connectivity index (χ1v) is 11.1. The minimum atomic E-state index is -4.39. The molecule has 0 saturated carbocycles. The highest BCUT2D eigenvalue weighted by molar-refractivity contribution is 7.15. The van der Waals surface area contributed by atoms with Crippen LogP contribution in [0, 0.1) is 5.92 Å². The van der Waals surface area contributed by atoms with Gasteiger partial charge in [0.15, 0.2) is 5.13 Å². The molecule has 2 fully saturated rings. The van der Waals surface area contributed by atoms with Gasteiger partial charge in [0.1, 0.15) is 10.7 Å². The molecule has 0 amide bonds. The second-order valence-electron chi connectivity index (χ2n) is 7.81. The SMILES string of the molecule is FC(F)(F)c1cnc(Nc2cc(CN3CCOCC3)cc(C[C@H]3CCCNC3)n2)s1. The third-order valence-corrected chi connectivity index (χ3v) is 6.32. The topological polar surface area (TPSA) is 62.3 Å². The molecule has 0 aromatic carbocycles. The lowest BCUT2D eigenvalue weighted by Gasteiger charge is -2.27. The molecule has 2 N–H and O–H groups in total. The van der Waals surface area contributed by atoms with Crippen molar-refractivity contribution >= 4 is 22.3 Å². The zero-order chi connectivity index (χ0) is 21.0. The number of piperidine rings is 1. The molecule has 30 heavy (non-hydrogen) atoms. The summed E-state index contributed by atoms with van der Waals surface area (Å²) in [7, 11) is 0. The van der Waals surface area contributed by atoms with Crippen LogP contribution >= 0.6 is 11.3 Å². The van der Waals surface area contributed by atoms with Crippen molar-refractivity contribution in [1.82, 2.24) is 20.2 Å². The van der Waals surface area contributed by atoms with Gasteiger partial charge in [-0.25, -0.2) is 9.97 Å². The number of thiazole rings is 1. The van der Waals surface area contributed by atoms with E-state index < -0.39 is 11.1 Å². The Bertz CT molecular complexity index is 794. The molecule has 0 bridgehead atoms. The molecule has 6 nitrogen and oxygen atoms in total. The van der Waals surface area contributed by atoms with Crippen molar-refractivity contribution < 1.29 is 17.9 Å². The van der Waals surface area contributed by atoms with Gasteiger partial charge in [-0.05, 0) is 56.0 Å². The van der Waals surface area contributed by atoms with Crippen LogP contribution in [0.4, 0.5) is 24.1 Å². The lowest BCUT2D eigenvalue weighted by Crippen LogP contribution is -2.35. The standard InChI is InChI=1S/C20H26F3N5OS/c21-20(22,23)17-12-25-19(30-17)27-18-10-15(13-28-4-6-29-7-5-28)9-16(26-18)8-14-2-1-3-24-11-14/h9-10,12,14,24H,1-8,11,13H2,(H,25,26,27)/t14-/m1/s1. The van der Waals surface area contributed by atoms with Gasteiger partial charge in [0.2, 0.25) is 0 Å². The highest BCUT2D eigenvalue weighted by Gasteiger charge is 2.33. The molecular weight excluding hydrogens is 415 g/mol. The van der Waals surface area contributed by atoms with Gasteiger partial charge in [0.05, 0.1) is 19.4 Å². The summed E-state index contributed by atoms with van der Waals surface area (Å²) >= 11 is 0.594. The Labute approximate surface area is 177 Å². The maximum atomic E-state index is 12.9. The molecule has 2 aliphatic rings. The molecule has 164 valence electrons. The van der Waals surface area contributed by atoms with Gasteiger partial charge < -0.3 is 15.4 Å². The highest BCUT2D eigenvalue weighted by Crippen LogP contribution is 2.35. The van der Waals surface area contributed by atoms with Crippen LogP contribution in [0.5, 0.6) is 0 Å². The second kappa shape index (κ2) is 9.59. The third-order valence-electron chi connectivity index (χ3n) is 5.36. The number of hydrogen-bond acceptors (Lipinski definition) is 7. The van der Waals surface area contributed by atoms with E-state index >= 15 is 0 Å². The molecular formula is C20H26F3N5OS. The lowest BCUT2D eigenvalue weighted by atomic mass is 9.94. The van der Waals surface area contributed by atoms with Gasteiger partial charge in [-0.2, -0.15) is 13.2 Å². The monoisotopic (exact) mass is 441 g/mol. The zero-order valence-electron chi connectivity index (χ0n) is 16.7. The fraction of sp³-hybridized carbons (Fsp3) is 0.600. The smallest absolute Gasteiger partial charge is 0.379 e. The minimum Gasteiger partial charge on any atom is -0.379 e. The van der Waals surface area contributed by atoms with E-state index in [1.165, 1.54) is 0 Å². The first kappa shape index (κ1) is 21.5. The van der Waals surface area contributed by atoms with Crippen LogP contribution in [-0.2, 0) is 23.9 Å². The number of halogens is 3. The molecule has 0 aliphatic carbocycles. The number of pyridine rings is 1. The fourth-order valence-corrected chi connectivity index (χ4v) is 4.58. The molecule has 0 unspecified atom stereocenters. The summed E-state index contributed by atoms with van der Waals surface area (Å²) in [5.41, 5.74) is 2.06. The van der Waals surface area contributed by atoms with E-state index in [4.69, 9.17) is 9.72 Å². The third kappa shape index (κ3) is 5.90. The summed E-state index contributed by atoms with van der Waals surface area (Å²) in [5, 5.41) is 6.61. The zero-order valence-corrected chi connectivity index (χ0v) is 17.5. The number of alkyl halides is 3. The maximum Gasteiger partial charge on any atom is 0.427 e. The number of nitrogens with one attached hydrogen (secondary N) is 2. The molecule has 4 heterocycles. The van der Waals surface area contributed by atoms with Crippen LogP contribution in [0.15, 0.2) is 18.3 Å². The van der Waals surface area contributed by atoms with Crippen molar-refractivity contribution in [3.05, 3.63) is 34.5 Å². The summed E-state index contributed by atoms with van der Waals surface area (Å²) in [5.74, 6) is 1.07. The quantitative estimate of drug-likeness (QED) is 0.713. The number of morpholine rings is 1. The number of rotatable bonds is 6. The normalized spacial score (nSPS) is 21.0. The lowest BCUT2D eigenvalue weighted by molar-refractivity contribution is -0.134. The van der Waals surface area contributed by atoms with E-state index in [0.29, 0.717) is 23.1 Å². The van der Waals surface area contributed by atoms with Gasteiger partial charge in [-0.3, -0.25) is 4.90 Å². The van der Waals surface area contributed by atoms with Crippen LogP contribution in [0.2, 0.25) is 0 Å². The number of hydrogen-bond donors (Lipinski definition) is 2. The van der Waals surface area contributed by atoms with E-state index in [9.17, 15) is 13.2 Å². The molecule has 0 spiro atoms. The van der Waals surface area contributed by atoms with Crippen molar-refractivity contribution in [1.29, 1.82) is 0 Å². The summed E-state index contributed by atoms with van der Waals surface area (Å²) in [6.45, 7) is 5.97. The number of ether oxygens (including phenoxy) is 1. The van der Waals surface area contributed by atoms with Gasteiger partial charge in [0, 0.05) is 25.3 Å². The Morgan fingerprint density at radius 2 is 2.10 bits per heavy atom. The summed E-state index contributed by atoms with van der Waals surface area (Å²) < 4.78 is 44.1. The van der Waals surface area contributed by atoms with Crippen molar-refractivity contribution in [3.63, 3.8) is 0 Å². The molecule has 2 aromatic heterocycles. The minimum absolute atomic E-state index is 0.198. The summed E-state index contributed by atoms with van der Waals surface area (Å²) in [4.78, 5) is 10.2. The van der Waals surface area contributed by atoms with Crippen LogP contribution in [0.3, 0.4) is 0 Å². The van der Waals surface area contributed by atoms with Gasteiger partial charge >= 0.3 is 6.18 Å². The largest absolute Gasteiger partial charge is 0.427 e. The van der Waals surface area contributed by atoms with Crippen LogP contribution in [-0.4, -0.2) is 54.3 Å². The van der Waals surface area contributed by atoms with Crippen molar-refractivity contribution in [2.45, 2.75) is 32.0 Å². The molecule has 2 aromatic rings. The predicted molar refractivity (Wildman–Crippen MR) is 110 cm³/mol. The molecule has 1 atom stereocenters. The Morgan fingerprint density at radius 3 is 2.80 bits per heavy atom. The van der Waals surface area contributed by atoms with Crippen molar-refractivity contribution in [2.75, 3.05) is 44.7 Å². The number of aromatic nitrogens is 2. The Kier molecular flexibility index (Phi) is 6.87. The predicted octanol–water partition coefficient (Wildman–Crippen LogP) is 3.67. The fourth-order valence-electron chi connectivity index (χ4n) is 3.89. The Hall–Kier alpha value is -1.75. The second-order valence-corrected chi connectivity index (χ2v) is 8.84. The average Bonchev–Trinajstić information content (AvgIpc) is 3.18. The van der Waals surface area contributed by atoms with Crippen molar-refractivity contribution in [2.24, 2.45) is 5.92 Å². The molecule has 10 heteroatoms. The molecule has 0 radical (unpaired) electrons. The van der Waals surface area contributed by atoms with Gasteiger partial charge in [0.25, 0.3) is 0 Å². The van der Waals surface area contributed by atoms with E-state index in [1.54, 1.807) is 0 Å². The first-order chi connectivity index (χ1) is 14.5. The summed E-state index contributed by atoms with van der Waals surface area (Å²) in [6.07, 6.45) is -0.360. The van der Waals surface area contributed by atoms with E-state index in [0.717, 1.165) is 82.7 Å². The van der Waals surface area contributed by atoms with E-state index in [2.05, 4.69) is 26.6 Å². The number of nitrogens with zero attached hydrogens (tertiary/aromatic N) is 3. The number of anilines is 2. The summed E-state index contributed by atoms with van der Waals surface area (Å²) in [6, 6.07) is 4.03. The van der Waals surface area contributed by atoms with Crippen LogP contribution in [0.25, 0.3) is 0 Å².